The van der Waals surface area contributed by atoms with Crippen LogP contribution in [0.3, 0.4) is 0 Å². The molecule has 14 heavy (non-hydrogen) atoms. The fourth-order valence-electron chi connectivity index (χ4n) is 1.64. The topological polar surface area (TPSA) is 60.8 Å². The summed E-state index contributed by atoms with van der Waals surface area (Å²) >= 11 is 0. The van der Waals surface area contributed by atoms with Crippen molar-refractivity contribution in [2.45, 2.75) is 25.7 Å². The van der Waals surface area contributed by atoms with Crippen molar-refractivity contribution in [2.75, 3.05) is 25.4 Å². The van der Waals surface area contributed by atoms with E-state index in [0.29, 0.717) is 5.75 Å². The highest BCUT2D eigenvalue weighted by molar-refractivity contribution is 8.34. The molecule has 0 aromatic rings. The minimum Gasteiger partial charge on any atom is -0.303 e. The summed E-state index contributed by atoms with van der Waals surface area (Å²) in [4.78, 5) is 2.38. The highest BCUT2D eigenvalue weighted by Gasteiger charge is 2.12. The van der Waals surface area contributed by atoms with E-state index in [9.17, 15) is 4.21 Å². The van der Waals surface area contributed by atoms with Crippen molar-refractivity contribution in [3.8, 4) is 0 Å². The van der Waals surface area contributed by atoms with Gasteiger partial charge in [-0.1, -0.05) is 6.42 Å². The third-order valence-corrected chi connectivity index (χ3v) is 4.49. The molecule has 1 heterocycles. The molecule has 0 radical (unpaired) electrons. The first kappa shape index (κ1) is 12.3. The van der Waals surface area contributed by atoms with Crippen LogP contribution in [-0.2, 0) is 19.4 Å². The van der Waals surface area contributed by atoms with Crippen LogP contribution in [0, 0.1) is 0 Å². The van der Waals surface area contributed by atoms with Crippen LogP contribution in [0.25, 0.3) is 0 Å². The molecule has 1 aliphatic rings. The van der Waals surface area contributed by atoms with Crippen molar-refractivity contribution >= 4 is 19.4 Å². The Morgan fingerprint density at radius 3 is 2.43 bits per heavy atom. The van der Waals surface area contributed by atoms with Crippen LogP contribution in [0.4, 0.5) is 0 Å². The summed E-state index contributed by atoms with van der Waals surface area (Å²) in [5.74, 6) is 0.544. The van der Waals surface area contributed by atoms with Crippen molar-refractivity contribution in [1.82, 2.24) is 4.90 Å². The molecule has 1 rings (SSSR count). The molecule has 0 saturated carbocycles. The van der Waals surface area contributed by atoms with E-state index in [1.807, 2.05) is 0 Å². The zero-order valence-electron chi connectivity index (χ0n) is 8.22. The highest BCUT2D eigenvalue weighted by atomic mass is 32.9. The van der Waals surface area contributed by atoms with Gasteiger partial charge < -0.3 is 4.90 Å². The first-order valence-corrected chi connectivity index (χ1v) is 7.91. The van der Waals surface area contributed by atoms with E-state index >= 15 is 0 Å². The molecular formula is C8H18NO3S2+. The van der Waals surface area contributed by atoms with Gasteiger partial charge in [0.05, 0.1) is 0 Å². The largest absolute Gasteiger partial charge is 0.430 e. The predicted octanol–water partition coefficient (Wildman–Crippen LogP) is 1.09. The molecule has 0 atom stereocenters. The maximum absolute atomic E-state index is 10.5. The van der Waals surface area contributed by atoms with Crippen LogP contribution in [-0.4, -0.2) is 43.6 Å². The molecule has 0 aliphatic carbocycles. The first-order chi connectivity index (χ1) is 6.58. The Labute approximate surface area is 89.0 Å². The summed E-state index contributed by atoms with van der Waals surface area (Å²) in [7, 11) is -2.84. The third-order valence-electron chi connectivity index (χ3n) is 2.30. The average molecular weight is 240 g/mol. The van der Waals surface area contributed by atoms with E-state index in [-0.39, 0.29) is 0 Å². The minimum atomic E-state index is -3.58. The SMILES string of the molecule is O=S(O)(O)=[S+]CCCN1CCCCC1. The lowest BCUT2D eigenvalue weighted by Gasteiger charge is -2.25. The number of piperidine rings is 1. The van der Waals surface area contributed by atoms with Crippen molar-refractivity contribution in [3.05, 3.63) is 0 Å². The first-order valence-electron chi connectivity index (χ1n) is 4.94. The van der Waals surface area contributed by atoms with E-state index in [0.717, 1.165) is 36.4 Å². The van der Waals surface area contributed by atoms with Gasteiger partial charge in [-0.05, 0) is 25.9 Å². The Morgan fingerprint density at radius 2 is 1.86 bits per heavy atom. The van der Waals surface area contributed by atoms with Crippen molar-refractivity contribution in [2.24, 2.45) is 0 Å². The Bertz CT molecular complexity index is 260. The van der Waals surface area contributed by atoms with Gasteiger partial charge in [0.25, 0.3) is 10.3 Å². The molecule has 2 N–H and O–H groups in total. The molecule has 4 nitrogen and oxygen atoms in total. The third kappa shape index (κ3) is 5.87. The van der Waals surface area contributed by atoms with Gasteiger partial charge in [-0.25, -0.2) is 0 Å². The van der Waals surface area contributed by atoms with Crippen LogP contribution in [0.15, 0.2) is 0 Å². The van der Waals surface area contributed by atoms with Crippen molar-refractivity contribution in [1.29, 1.82) is 0 Å². The number of likely N-dealkylation sites (tertiary alicyclic amines) is 1. The Kier molecular flexibility index (Phi) is 5.25. The lowest BCUT2D eigenvalue weighted by molar-refractivity contribution is 0.230. The van der Waals surface area contributed by atoms with Gasteiger partial charge >= 0.3 is 9.05 Å². The number of hydrogen-bond acceptors (Lipinski definition) is 2. The maximum atomic E-state index is 10.5. The van der Waals surface area contributed by atoms with E-state index in [2.05, 4.69) is 4.90 Å². The lowest BCUT2D eigenvalue weighted by atomic mass is 10.1. The maximum Gasteiger partial charge on any atom is 0.430 e. The van der Waals surface area contributed by atoms with E-state index < -0.39 is 9.05 Å². The fraction of sp³-hybridized carbons (Fsp3) is 1.00. The smallest absolute Gasteiger partial charge is 0.303 e. The summed E-state index contributed by atoms with van der Waals surface area (Å²) in [5.41, 5.74) is 0. The Hall–Kier alpha value is 0.250. The molecule has 0 amide bonds. The molecule has 1 fully saturated rings. The van der Waals surface area contributed by atoms with Crippen LogP contribution in [0.2, 0.25) is 0 Å². The van der Waals surface area contributed by atoms with Crippen LogP contribution < -0.4 is 0 Å². The average Bonchev–Trinajstić information content (AvgIpc) is 2.13. The molecule has 1 aliphatic heterocycles. The van der Waals surface area contributed by atoms with Gasteiger partial charge in [-0.2, -0.15) is 4.21 Å². The van der Waals surface area contributed by atoms with E-state index in [4.69, 9.17) is 9.11 Å². The molecule has 0 aromatic carbocycles. The number of rotatable bonds is 4. The predicted molar refractivity (Wildman–Crippen MR) is 60.5 cm³/mol. The molecule has 1 saturated heterocycles. The second-order valence-electron chi connectivity index (χ2n) is 3.53. The quantitative estimate of drug-likeness (QED) is 0.570. The second-order valence-corrected chi connectivity index (χ2v) is 7.08. The minimum absolute atomic E-state index is 0.544. The highest BCUT2D eigenvalue weighted by Crippen LogP contribution is 2.08. The summed E-state index contributed by atoms with van der Waals surface area (Å²) in [6, 6.07) is 0. The van der Waals surface area contributed by atoms with Gasteiger partial charge in [0.15, 0.2) is 5.75 Å². The lowest BCUT2D eigenvalue weighted by Crippen LogP contribution is -2.30. The molecular weight excluding hydrogens is 222 g/mol. The number of hydrogen-bond donors (Lipinski definition) is 2. The van der Waals surface area contributed by atoms with Gasteiger partial charge in [-0.3, -0.25) is 9.11 Å². The molecule has 0 bridgehead atoms. The standard InChI is InChI=1S/C8H17NO3S2/c10-14(11,12)13-8-4-7-9-5-2-1-3-6-9/h1-8H2,(H-,10,11,12)/p+1. The fourth-order valence-corrected chi connectivity index (χ4v) is 3.11. The zero-order valence-corrected chi connectivity index (χ0v) is 9.86. The normalized spacial score (nSPS) is 19.6. The van der Waals surface area contributed by atoms with Gasteiger partial charge in [0, 0.05) is 13.0 Å². The van der Waals surface area contributed by atoms with Crippen molar-refractivity contribution < 1.29 is 13.3 Å². The van der Waals surface area contributed by atoms with E-state index in [1.165, 1.54) is 19.3 Å². The molecule has 0 unspecified atom stereocenters. The molecule has 0 aromatic heterocycles. The molecule has 84 valence electrons. The molecule has 6 heteroatoms. The summed E-state index contributed by atoms with van der Waals surface area (Å²) in [6.07, 6.45) is 4.73. The summed E-state index contributed by atoms with van der Waals surface area (Å²) in [6.45, 7) is 3.28. The van der Waals surface area contributed by atoms with Gasteiger partial charge in [0.1, 0.15) is 0 Å². The van der Waals surface area contributed by atoms with E-state index in [1.54, 1.807) is 0 Å². The van der Waals surface area contributed by atoms with Crippen molar-refractivity contribution in [3.63, 3.8) is 0 Å². The Balaban J connectivity index is 2.12. The van der Waals surface area contributed by atoms with Gasteiger partial charge in [0.2, 0.25) is 0 Å². The summed E-state index contributed by atoms with van der Waals surface area (Å²) in [5, 5.41) is 0. The summed E-state index contributed by atoms with van der Waals surface area (Å²) < 4.78 is 27.7. The van der Waals surface area contributed by atoms with Crippen LogP contribution in [0.5, 0.6) is 0 Å². The Morgan fingerprint density at radius 1 is 1.21 bits per heavy atom. The van der Waals surface area contributed by atoms with Gasteiger partial charge in [-0.15, -0.1) is 0 Å². The molecule has 0 spiro atoms. The monoisotopic (exact) mass is 240 g/mol. The van der Waals surface area contributed by atoms with Crippen LogP contribution in [0.1, 0.15) is 25.7 Å². The second kappa shape index (κ2) is 5.97. The van der Waals surface area contributed by atoms with Crippen LogP contribution >= 0.6 is 0 Å². The zero-order chi connectivity index (χ0) is 10.4. The number of nitrogens with zero attached hydrogens (tertiary/aromatic N) is 1.